The van der Waals surface area contributed by atoms with Crippen LogP contribution < -0.4 is 4.90 Å². The van der Waals surface area contributed by atoms with Gasteiger partial charge in [-0.25, -0.2) is 0 Å². The molecule has 10 aromatic rings. The third-order valence-electron chi connectivity index (χ3n) is 13.8. The number of hydrogen-bond acceptors (Lipinski definition) is 1. The summed E-state index contributed by atoms with van der Waals surface area (Å²) in [6, 6.07) is 76.8. The third kappa shape index (κ3) is 7.08. The number of nitrogens with zero attached hydrogens (tertiary/aromatic N) is 2. The number of fused-ring (bicyclic) bond motifs is 4. The van der Waals surface area contributed by atoms with Crippen LogP contribution in [-0.2, 0) is 5.41 Å². The highest BCUT2D eigenvalue weighted by atomic mass is 15.1. The standard InChI is InChI=1S/C62H54N2/c1-62(2,3)47-38-41-59(56(42-47)44-22-9-5-10-23-44)63(57-34-15-13-28-52(57)54-32-18-25-46-24-17-30-50(60(46)54)43-20-7-4-8-21-43)49-39-36-45(37-40-49)51-31-19-33-55-53-29-14-16-35-58(53)64(61(51)55)48-26-11-6-12-27-48/h5-6,9-19,22-43H,4,7-8,20-21H2,1-3H3. The van der Waals surface area contributed by atoms with Crippen LogP contribution in [0.3, 0.4) is 0 Å². The summed E-state index contributed by atoms with van der Waals surface area (Å²) in [7, 11) is 0. The molecule has 1 aliphatic rings. The summed E-state index contributed by atoms with van der Waals surface area (Å²) in [6.45, 7) is 6.93. The molecule has 0 bridgehead atoms. The summed E-state index contributed by atoms with van der Waals surface area (Å²) >= 11 is 0. The number of anilines is 3. The average molecular weight is 827 g/mol. The lowest BCUT2D eigenvalue weighted by Gasteiger charge is -2.32. The Kier molecular flexibility index (Phi) is 10.2. The first-order valence-electron chi connectivity index (χ1n) is 23.2. The van der Waals surface area contributed by atoms with E-state index >= 15 is 0 Å². The number of aromatic nitrogens is 1. The molecular weight excluding hydrogens is 773 g/mol. The molecule has 312 valence electrons. The smallest absolute Gasteiger partial charge is 0.0619 e. The molecule has 1 saturated carbocycles. The Morgan fingerprint density at radius 3 is 1.86 bits per heavy atom. The normalized spacial score (nSPS) is 13.5. The van der Waals surface area contributed by atoms with Gasteiger partial charge in [0, 0.05) is 38.8 Å². The van der Waals surface area contributed by atoms with Crippen LogP contribution in [0.1, 0.15) is 69.9 Å². The van der Waals surface area contributed by atoms with E-state index in [4.69, 9.17) is 0 Å². The van der Waals surface area contributed by atoms with Gasteiger partial charge in [-0.05, 0) is 111 Å². The molecule has 0 saturated heterocycles. The van der Waals surface area contributed by atoms with Crippen molar-refractivity contribution < 1.29 is 0 Å². The minimum absolute atomic E-state index is 0.0197. The van der Waals surface area contributed by atoms with Crippen molar-refractivity contribution >= 4 is 49.6 Å². The van der Waals surface area contributed by atoms with Crippen molar-refractivity contribution in [1.29, 1.82) is 0 Å². The number of para-hydroxylation sites is 4. The molecule has 2 heteroatoms. The van der Waals surface area contributed by atoms with Gasteiger partial charge in [-0.2, -0.15) is 0 Å². The molecule has 1 heterocycles. The first kappa shape index (κ1) is 39.7. The van der Waals surface area contributed by atoms with Gasteiger partial charge in [-0.1, -0.05) is 198 Å². The van der Waals surface area contributed by atoms with Crippen molar-refractivity contribution in [3.63, 3.8) is 0 Å². The zero-order valence-electron chi connectivity index (χ0n) is 37.1. The number of hydrogen-bond donors (Lipinski definition) is 0. The van der Waals surface area contributed by atoms with Crippen LogP contribution in [0.4, 0.5) is 17.1 Å². The molecule has 1 aliphatic carbocycles. The molecule has 0 amide bonds. The summed E-state index contributed by atoms with van der Waals surface area (Å²) in [5.41, 5.74) is 17.1. The van der Waals surface area contributed by atoms with Crippen molar-refractivity contribution in [2.24, 2.45) is 0 Å². The van der Waals surface area contributed by atoms with E-state index in [1.54, 1.807) is 0 Å². The predicted molar refractivity (Wildman–Crippen MR) is 274 cm³/mol. The van der Waals surface area contributed by atoms with Gasteiger partial charge in [0.25, 0.3) is 0 Å². The fraction of sp³-hybridized carbons (Fsp3) is 0.161. The number of rotatable bonds is 8. The zero-order chi connectivity index (χ0) is 43.2. The maximum absolute atomic E-state index is 2.53. The molecule has 0 atom stereocenters. The maximum Gasteiger partial charge on any atom is 0.0619 e. The Balaban J connectivity index is 1.14. The van der Waals surface area contributed by atoms with Gasteiger partial charge in [0.05, 0.1) is 22.4 Å². The van der Waals surface area contributed by atoms with E-state index in [-0.39, 0.29) is 5.41 Å². The van der Waals surface area contributed by atoms with E-state index in [0.717, 1.165) is 22.7 Å². The second-order valence-corrected chi connectivity index (χ2v) is 18.7. The predicted octanol–water partition coefficient (Wildman–Crippen LogP) is 17.8. The summed E-state index contributed by atoms with van der Waals surface area (Å²) in [4.78, 5) is 2.53. The average Bonchev–Trinajstić information content (AvgIpc) is 3.69. The summed E-state index contributed by atoms with van der Waals surface area (Å²) in [5.74, 6) is 0.578. The molecule has 0 N–H and O–H groups in total. The molecule has 0 radical (unpaired) electrons. The van der Waals surface area contributed by atoms with Crippen molar-refractivity contribution in [2.75, 3.05) is 4.90 Å². The van der Waals surface area contributed by atoms with Crippen LogP contribution in [0, 0.1) is 0 Å². The molecule has 0 aliphatic heterocycles. The highest BCUT2D eigenvalue weighted by Gasteiger charge is 2.26. The molecular formula is C62H54N2. The van der Waals surface area contributed by atoms with Gasteiger partial charge in [0.2, 0.25) is 0 Å². The van der Waals surface area contributed by atoms with E-state index in [0.29, 0.717) is 5.92 Å². The van der Waals surface area contributed by atoms with Gasteiger partial charge < -0.3 is 9.47 Å². The SMILES string of the molecule is CC(C)(C)c1ccc(N(c2ccc(-c3cccc4c5ccccc5n(-c5ccccc5)c34)cc2)c2ccccc2-c2cccc3cccc(C4CCCCC4)c23)c(-c2ccccc2)c1. The lowest BCUT2D eigenvalue weighted by molar-refractivity contribution is 0.445. The Labute approximate surface area is 378 Å². The monoisotopic (exact) mass is 826 g/mol. The summed E-state index contributed by atoms with van der Waals surface area (Å²) in [6.07, 6.45) is 6.47. The molecule has 11 rings (SSSR count). The summed E-state index contributed by atoms with van der Waals surface area (Å²) in [5, 5.41) is 5.22. The Morgan fingerprint density at radius 2 is 1.08 bits per heavy atom. The van der Waals surface area contributed by atoms with E-state index in [1.807, 2.05) is 0 Å². The van der Waals surface area contributed by atoms with Crippen molar-refractivity contribution in [2.45, 2.75) is 64.2 Å². The van der Waals surface area contributed by atoms with Crippen molar-refractivity contribution in [1.82, 2.24) is 4.57 Å². The van der Waals surface area contributed by atoms with Gasteiger partial charge in [-0.3, -0.25) is 0 Å². The van der Waals surface area contributed by atoms with Gasteiger partial charge in [0.15, 0.2) is 0 Å². The van der Waals surface area contributed by atoms with E-state index in [2.05, 4.69) is 236 Å². The van der Waals surface area contributed by atoms with Crippen LogP contribution in [0.25, 0.3) is 71.6 Å². The Morgan fingerprint density at radius 1 is 0.469 bits per heavy atom. The second-order valence-electron chi connectivity index (χ2n) is 18.7. The lowest BCUT2D eigenvalue weighted by atomic mass is 9.80. The van der Waals surface area contributed by atoms with E-state index < -0.39 is 0 Å². The highest BCUT2D eigenvalue weighted by Crippen LogP contribution is 2.49. The van der Waals surface area contributed by atoms with E-state index in [1.165, 1.54) is 109 Å². The first-order valence-corrected chi connectivity index (χ1v) is 23.2. The highest BCUT2D eigenvalue weighted by molar-refractivity contribution is 6.14. The Hall–Kier alpha value is -7.16. The molecule has 0 spiro atoms. The van der Waals surface area contributed by atoms with Gasteiger partial charge in [-0.15, -0.1) is 0 Å². The van der Waals surface area contributed by atoms with Crippen molar-refractivity contribution in [3.8, 4) is 39.1 Å². The molecule has 9 aromatic carbocycles. The largest absolute Gasteiger partial charge is 0.309 e. The molecule has 1 aromatic heterocycles. The maximum atomic E-state index is 2.53. The summed E-state index contributed by atoms with van der Waals surface area (Å²) < 4.78 is 2.44. The van der Waals surface area contributed by atoms with Crippen LogP contribution in [0.2, 0.25) is 0 Å². The number of benzene rings is 9. The first-order chi connectivity index (χ1) is 31.4. The van der Waals surface area contributed by atoms with E-state index in [9.17, 15) is 0 Å². The van der Waals surface area contributed by atoms with Crippen LogP contribution in [-0.4, -0.2) is 4.57 Å². The molecule has 0 unspecified atom stereocenters. The van der Waals surface area contributed by atoms with Gasteiger partial charge >= 0.3 is 0 Å². The molecule has 64 heavy (non-hydrogen) atoms. The van der Waals surface area contributed by atoms with Crippen molar-refractivity contribution in [3.05, 3.63) is 217 Å². The topological polar surface area (TPSA) is 8.17 Å². The quantitative estimate of drug-likeness (QED) is 0.148. The fourth-order valence-electron chi connectivity index (χ4n) is 10.6. The second kappa shape index (κ2) is 16.5. The molecule has 2 nitrogen and oxygen atoms in total. The molecule has 1 fully saturated rings. The minimum atomic E-state index is -0.0197. The minimum Gasteiger partial charge on any atom is -0.309 e. The Bertz CT molecular complexity index is 3270. The zero-order valence-corrected chi connectivity index (χ0v) is 37.1. The van der Waals surface area contributed by atoms with Crippen LogP contribution in [0.5, 0.6) is 0 Å². The fourth-order valence-corrected chi connectivity index (χ4v) is 10.6. The van der Waals surface area contributed by atoms with Gasteiger partial charge in [0.1, 0.15) is 0 Å². The van der Waals surface area contributed by atoms with Crippen LogP contribution in [0.15, 0.2) is 206 Å². The van der Waals surface area contributed by atoms with Crippen LogP contribution >= 0.6 is 0 Å². The lowest BCUT2D eigenvalue weighted by Crippen LogP contribution is -2.15. The third-order valence-corrected chi connectivity index (χ3v) is 13.8.